The Hall–Kier alpha value is -4.13. The number of para-hydroxylation sites is 2. The number of aliphatic hydroxyl groups is 1. The number of hydrogen-bond acceptors (Lipinski definition) is 4. The van der Waals surface area contributed by atoms with Gasteiger partial charge in [0.1, 0.15) is 35.1 Å². The second-order valence-electron chi connectivity index (χ2n) is 6.56. The Bertz CT molecular complexity index is 1270. The second kappa shape index (κ2) is 7.71. The first-order valence-corrected chi connectivity index (χ1v) is 8.91. The number of ketones is 1. The van der Waals surface area contributed by atoms with Crippen LogP contribution in [0.3, 0.4) is 0 Å². The highest BCUT2D eigenvalue weighted by Gasteiger charge is 2.24. The average Bonchev–Trinajstić information content (AvgIpc) is 3.16. The van der Waals surface area contributed by atoms with Gasteiger partial charge in [-0.3, -0.25) is 9.59 Å². The Kier molecular flexibility index (Phi) is 4.93. The number of nitrogens with zero attached hydrogens (tertiary/aromatic N) is 1. The fourth-order valence-corrected chi connectivity index (χ4v) is 3.13. The Labute approximate surface area is 169 Å². The molecule has 3 aromatic carbocycles. The van der Waals surface area contributed by atoms with Crippen molar-refractivity contribution in [3.05, 3.63) is 101 Å². The first kappa shape index (κ1) is 19.2. The van der Waals surface area contributed by atoms with Crippen LogP contribution in [0.25, 0.3) is 22.4 Å². The summed E-state index contributed by atoms with van der Waals surface area (Å²) in [5.74, 6) is -3.10. The van der Waals surface area contributed by atoms with E-state index in [1.165, 1.54) is 24.3 Å². The lowest BCUT2D eigenvalue weighted by molar-refractivity contribution is 0.105. The number of H-pyrrole nitrogens is 1. The van der Waals surface area contributed by atoms with E-state index in [-0.39, 0.29) is 28.1 Å². The number of fused-ring (bicyclic) bond motifs is 1. The summed E-state index contributed by atoms with van der Waals surface area (Å²) in [4.78, 5) is 31.7. The van der Waals surface area contributed by atoms with Gasteiger partial charge in [0.05, 0.1) is 11.0 Å². The quantitative estimate of drug-likeness (QED) is 0.213. The highest BCUT2D eigenvalue weighted by Crippen LogP contribution is 2.29. The van der Waals surface area contributed by atoms with Crippen LogP contribution in [0.5, 0.6) is 0 Å². The molecule has 2 N–H and O–H groups in total. The smallest absolute Gasteiger partial charge is 0.200 e. The van der Waals surface area contributed by atoms with E-state index in [0.29, 0.717) is 23.4 Å². The minimum absolute atomic E-state index is 0.0277. The van der Waals surface area contributed by atoms with Crippen LogP contribution in [0.2, 0.25) is 0 Å². The molecule has 1 heterocycles. The van der Waals surface area contributed by atoms with E-state index in [1.807, 2.05) is 0 Å². The molecule has 148 valence electrons. The van der Waals surface area contributed by atoms with Gasteiger partial charge in [-0.05, 0) is 30.3 Å². The molecule has 0 spiro atoms. The van der Waals surface area contributed by atoms with E-state index in [0.717, 1.165) is 12.1 Å². The molecule has 0 atom stereocenters. The van der Waals surface area contributed by atoms with Gasteiger partial charge in [0, 0.05) is 22.8 Å². The van der Waals surface area contributed by atoms with Crippen LogP contribution in [-0.4, -0.2) is 27.1 Å². The van der Waals surface area contributed by atoms with Gasteiger partial charge in [0.15, 0.2) is 0 Å². The van der Waals surface area contributed by atoms with Crippen molar-refractivity contribution in [2.24, 2.45) is 0 Å². The normalized spacial score (nSPS) is 11.9. The lowest BCUT2D eigenvalue weighted by atomic mass is 9.97. The molecule has 1 aromatic heterocycles. The van der Waals surface area contributed by atoms with Crippen molar-refractivity contribution in [1.82, 2.24) is 9.97 Å². The van der Waals surface area contributed by atoms with Crippen molar-refractivity contribution < 1.29 is 23.5 Å². The number of allylic oxidation sites excluding steroid dienone is 1. The van der Waals surface area contributed by atoms with E-state index in [4.69, 9.17) is 0 Å². The standard InChI is InChI=1S/C23H14F2N2O3/c24-16-9-15(10-17(25)11-16)22(30)20(21(29)14-5-3-4-13(8-14)12-28)23-26-18-6-1-2-7-19(18)27-23/h1-12,30H,(H,26,27)/b22-20-. The molecule has 4 rings (SSSR count). The predicted molar refractivity (Wildman–Crippen MR) is 108 cm³/mol. The summed E-state index contributed by atoms with van der Waals surface area (Å²) in [7, 11) is 0. The number of hydrogen-bond donors (Lipinski definition) is 2. The molecule has 4 aromatic rings. The van der Waals surface area contributed by atoms with Crippen LogP contribution in [0, 0.1) is 11.6 Å². The van der Waals surface area contributed by atoms with Gasteiger partial charge in [-0.1, -0.05) is 30.3 Å². The molecule has 0 radical (unpaired) electrons. The van der Waals surface area contributed by atoms with Crippen LogP contribution in [-0.2, 0) is 0 Å². The van der Waals surface area contributed by atoms with Gasteiger partial charge < -0.3 is 10.1 Å². The second-order valence-corrected chi connectivity index (χ2v) is 6.56. The number of nitrogens with one attached hydrogen (secondary N) is 1. The number of aromatic amines is 1. The molecule has 0 aliphatic rings. The van der Waals surface area contributed by atoms with Crippen LogP contribution < -0.4 is 0 Å². The zero-order valence-electron chi connectivity index (χ0n) is 15.4. The van der Waals surface area contributed by atoms with Crippen molar-refractivity contribution in [3.8, 4) is 0 Å². The van der Waals surface area contributed by atoms with Gasteiger partial charge in [-0.15, -0.1) is 0 Å². The molecule has 0 aliphatic heterocycles. The maximum Gasteiger partial charge on any atom is 0.200 e. The number of aliphatic hydroxyl groups excluding tert-OH is 1. The molecule has 0 bridgehead atoms. The van der Waals surface area contributed by atoms with Gasteiger partial charge in [0.2, 0.25) is 5.78 Å². The highest BCUT2D eigenvalue weighted by molar-refractivity contribution is 6.33. The maximum absolute atomic E-state index is 13.7. The maximum atomic E-state index is 13.7. The summed E-state index contributed by atoms with van der Waals surface area (Å²) in [6.45, 7) is 0. The van der Waals surface area contributed by atoms with Crippen molar-refractivity contribution in [1.29, 1.82) is 0 Å². The number of aromatic nitrogens is 2. The van der Waals surface area contributed by atoms with Gasteiger partial charge in [-0.25, -0.2) is 13.8 Å². The summed E-state index contributed by atoms with van der Waals surface area (Å²) < 4.78 is 27.4. The lowest BCUT2D eigenvalue weighted by Crippen LogP contribution is -2.08. The summed E-state index contributed by atoms with van der Waals surface area (Å²) in [6, 6.07) is 15.3. The molecule has 0 saturated heterocycles. The topological polar surface area (TPSA) is 83.1 Å². The van der Waals surface area contributed by atoms with Crippen LogP contribution in [0.15, 0.2) is 66.7 Å². The summed E-state index contributed by atoms with van der Waals surface area (Å²) in [5.41, 5.74) is 1.03. The van der Waals surface area contributed by atoms with E-state index < -0.39 is 23.2 Å². The number of benzene rings is 3. The first-order valence-electron chi connectivity index (χ1n) is 8.91. The van der Waals surface area contributed by atoms with Crippen LogP contribution >= 0.6 is 0 Å². The number of halogens is 2. The number of imidazole rings is 1. The Morgan fingerprint density at radius 2 is 1.67 bits per heavy atom. The summed E-state index contributed by atoms with van der Waals surface area (Å²) in [6.07, 6.45) is 0.586. The number of carbonyl (C=O) groups excluding carboxylic acids is 2. The summed E-state index contributed by atoms with van der Waals surface area (Å²) in [5, 5.41) is 10.9. The SMILES string of the molecule is O=Cc1cccc(C(=O)/C(=C(/O)c2cc(F)cc(F)c2)c2nc3ccccc3[nH]2)c1. The zero-order valence-corrected chi connectivity index (χ0v) is 15.4. The number of Topliss-reactive ketones (excluding diaryl/α,β-unsaturated/α-hetero) is 1. The monoisotopic (exact) mass is 404 g/mol. The minimum Gasteiger partial charge on any atom is -0.506 e. The van der Waals surface area contributed by atoms with Crippen molar-refractivity contribution in [3.63, 3.8) is 0 Å². The molecule has 0 unspecified atom stereocenters. The largest absolute Gasteiger partial charge is 0.506 e. The number of rotatable bonds is 5. The van der Waals surface area contributed by atoms with E-state index >= 15 is 0 Å². The molecule has 0 saturated carbocycles. The zero-order chi connectivity index (χ0) is 21.3. The van der Waals surface area contributed by atoms with Crippen molar-refractivity contribution in [2.75, 3.05) is 0 Å². The molecule has 30 heavy (non-hydrogen) atoms. The van der Waals surface area contributed by atoms with E-state index in [2.05, 4.69) is 9.97 Å². The van der Waals surface area contributed by atoms with Crippen molar-refractivity contribution in [2.45, 2.75) is 0 Å². The highest BCUT2D eigenvalue weighted by atomic mass is 19.1. The first-order chi connectivity index (χ1) is 14.5. The minimum atomic E-state index is -0.907. The van der Waals surface area contributed by atoms with Crippen LogP contribution in [0.4, 0.5) is 8.78 Å². The average molecular weight is 404 g/mol. The molecule has 0 fully saturated rings. The molecule has 0 aliphatic carbocycles. The Morgan fingerprint density at radius 3 is 2.37 bits per heavy atom. The number of aldehydes is 1. The van der Waals surface area contributed by atoms with E-state index in [1.54, 1.807) is 24.3 Å². The third kappa shape index (κ3) is 3.60. The van der Waals surface area contributed by atoms with Gasteiger partial charge in [-0.2, -0.15) is 0 Å². The van der Waals surface area contributed by atoms with Gasteiger partial charge >= 0.3 is 0 Å². The summed E-state index contributed by atoms with van der Waals surface area (Å²) >= 11 is 0. The number of carbonyl (C=O) groups is 2. The molecular formula is C23H14F2N2O3. The Balaban J connectivity index is 1.96. The molecule has 7 heteroatoms. The fraction of sp³-hybridized carbons (Fsp3) is 0. The van der Waals surface area contributed by atoms with E-state index in [9.17, 15) is 23.5 Å². The lowest BCUT2D eigenvalue weighted by Gasteiger charge is -2.10. The van der Waals surface area contributed by atoms with Crippen molar-refractivity contribution >= 4 is 34.4 Å². The van der Waals surface area contributed by atoms with Gasteiger partial charge in [0.25, 0.3) is 0 Å². The molecule has 5 nitrogen and oxygen atoms in total. The third-order valence-electron chi connectivity index (χ3n) is 4.51. The molecular weight excluding hydrogens is 390 g/mol. The van der Waals surface area contributed by atoms with Crippen LogP contribution in [0.1, 0.15) is 32.1 Å². The third-order valence-corrected chi connectivity index (χ3v) is 4.51. The molecule has 0 amide bonds. The Morgan fingerprint density at radius 1 is 0.933 bits per heavy atom. The fourth-order valence-electron chi connectivity index (χ4n) is 3.13. The predicted octanol–water partition coefficient (Wildman–Crippen LogP) is 4.96.